The quantitative estimate of drug-likeness (QED) is 0.673. The Labute approximate surface area is 162 Å². The van der Waals surface area contributed by atoms with Crippen LogP contribution >= 0.6 is 11.3 Å². The zero-order chi connectivity index (χ0) is 19.6. The van der Waals surface area contributed by atoms with Gasteiger partial charge in [-0.05, 0) is 50.1 Å². The summed E-state index contributed by atoms with van der Waals surface area (Å²) in [5.74, 6) is -0.394. The molecule has 0 saturated carbocycles. The Morgan fingerprint density at radius 1 is 1.04 bits per heavy atom. The minimum atomic E-state index is -3.82. The number of hydrogen-bond donors (Lipinski definition) is 2. The van der Waals surface area contributed by atoms with Crippen LogP contribution in [-0.2, 0) is 10.0 Å². The van der Waals surface area contributed by atoms with Gasteiger partial charge in [-0.3, -0.25) is 14.8 Å². The van der Waals surface area contributed by atoms with Gasteiger partial charge in [0, 0.05) is 10.9 Å². The zero-order valence-corrected chi connectivity index (χ0v) is 16.7. The lowest BCUT2D eigenvalue weighted by Gasteiger charge is -2.12. The van der Waals surface area contributed by atoms with E-state index in [0.717, 1.165) is 11.3 Å². The monoisotopic (exact) mass is 401 g/mol. The van der Waals surface area contributed by atoms with Crippen LogP contribution in [0.1, 0.15) is 27.2 Å². The van der Waals surface area contributed by atoms with Gasteiger partial charge < -0.3 is 0 Å². The summed E-state index contributed by atoms with van der Waals surface area (Å²) in [5.41, 5.74) is 3.09. The maximum Gasteiger partial charge on any atom is 0.261 e. The van der Waals surface area contributed by atoms with Crippen molar-refractivity contribution in [3.8, 4) is 0 Å². The van der Waals surface area contributed by atoms with Crippen LogP contribution in [0.25, 0.3) is 0 Å². The highest BCUT2D eigenvalue weighted by molar-refractivity contribution is 7.92. The van der Waals surface area contributed by atoms with Gasteiger partial charge >= 0.3 is 0 Å². The number of benzene rings is 2. The van der Waals surface area contributed by atoms with Crippen molar-refractivity contribution in [1.29, 1.82) is 0 Å². The van der Waals surface area contributed by atoms with E-state index in [1.54, 1.807) is 25.1 Å². The number of nitrogens with one attached hydrogen (secondary N) is 2. The van der Waals surface area contributed by atoms with Crippen LogP contribution < -0.4 is 10.0 Å². The molecule has 0 unspecified atom stereocenters. The molecule has 0 saturated heterocycles. The average Bonchev–Trinajstić information content (AvgIpc) is 3.01. The molecule has 3 aromatic rings. The number of thiazole rings is 1. The Balaban J connectivity index is 1.90. The molecule has 2 N–H and O–H groups in total. The van der Waals surface area contributed by atoms with Gasteiger partial charge in [-0.15, -0.1) is 11.3 Å². The van der Waals surface area contributed by atoms with Crippen LogP contribution in [0.4, 0.5) is 10.8 Å². The summed E-state index contributed by atoms with van der Waals surface area (Å²) < 4.78 is 28.1. The molecule has 8 heteroatoms. The summed E-state index contributed by atoms with van der Waals surface area (Å²) in [4.78, 5) is 16.8. The average molecular weight is 402 g/mol. The molecule has 27 heavy (non-hydrogen) atoms. The first-order valence-corrected chi connectivity index (χ1v) is 10.5. The number of amides is 1. The van der Waals surface area contributed by atoms with Crippen molar-refractivity contribution in [3.05, 3.63) is 70.2 Å². The highest BCUT2D eigenvalue weighted by atomic mass is 32.2. The van der Waals surface area contributed by atoms with Gasteiger partial charge in [0.2, 0.25) is 0 Å². The van der Waals surface area contributed by atoms with E-state index in [-0.39, 0.29) is 10.5 Å². The Bertz CT molecular complexity index is 1100. The van der Waals surface area contributed by atoms with Crippen LogP contribution in [-0.4, -0.2) is 19.3 Å². The zero-order valence-electron chi connectivity index (χ0n) is 15.1. The molecule has 0 atom stereocenters. The lowest BCUT2D eigenvalue weighted by Crippen LogP contribution is -2.17. The van der Waals surface area contributed by atoms with Gasteiger partial charge in [0.05, 0.1) is 16.3 Å². The van der Waals surface area contributed by atoms with Gasteiger partial charge in [-0.25, -0.2) is 13.4 Å². The number of rotatable bonds is 5. The summed E-state index contributed by atoms with van der Waals surface area (Å²) >= 11 is 1.32. The summed E-state index contributed by atoms with van der Waals surface area (Å²) in [7, 11) is -3.82. The normalized spacial score (nSPS) is 11.2. The van der Waals surface area contributed by atoms with Crippen molar-refractivity contribution in [2.75, 3.05) is 10.0 Å². The van der Waals surface area contributed by atoms with Crippen LogP contribution in [0.15, 0.2) is 52.7 Å². The molecule has 1 aromatic heterocycles. The maximum absolute atomic E-state index is 12.7. The summed E-state index contributed by atoms with van der Waals surface area (Å²) in [5, 5.41) is 5.01. The number of anilines is 2. The molecule has 2 aromatic carbocycles. The Kier molecular flexibility index (Phi) is 5.29. The standard InChI is InChI=1S/C19H19N3O3S2/c1-12-8-9-15(27(24,25)22-17-7-5-4-6-13(17)2)10-16(12)18(23)21-19-20-14(3)11-26-19/h4-11,22H,1-3H3,(H,20,21,23). The second-order valence-electron chi connectivity index (χ2n) is 6.15. The van der Waals surface area contributed by atoms with Gasteiger partial charge in [-0.2, -0.15) is 0 Å². The number of aryl methyl sites for hydroxylation is 3. The number of para-hydroxylation sites is 1. The third-order valence-corrected chi connectivity index (χ3v) is 6.23. The Hall–Kier alpha value is -2.71. The molecule has 0 fully saturated rings. The van der Waals surface area contributed by atoms with E-state index in [4.69, 9.17) is 0 Å². The molecule has 0 aliphatic rings. The van der Waals surface area contributed by atoms with E-state index in [2.05, 4.69) is 15.0 Å². The molecular formula is C19H19N3O3S2. The van der Waals surface area contributed by atoms with E-state index in [9.17, 15) is 13.2 Å². The first kappa shape index (κ1) is 19.1. The highest BCUT2D eigenvalue weighted by Gasteiger charge is 2.19. The van der Waals surface area contributed by atoms with E-state index >= 15 is 0 Å². The SMILES string of the molecule is Cc1csc(NC(=O)c2cc(S(=O)(=O)Nc3ccccc3C)ccc2C)n1. The van der Waals surface area contributed by atoms with Crippen molar-refractivity contribution in [2.24, 2.45) is 0 Å². The van der Waals surface area contributed by atoms with Gasteiger partial charge in [-0.1, -0.05) is 24.3 Å². The summed E-state index contributed by atoms with van der Waals surface area (Å²) in [6.45, 7) is 5.41. The van der Waals surface area contributed by atoms with E-state index < -0.39 is 15.9 Å². The number of nitrogens with zero attached hydrogens (tertiary/aromatic N) is 1. The van der Waals surface area contributed by atoms with Crippen molar-refractivity contribution >= 4 is 38.1 Å². The number of hydrogen-bond acceptors (Lipinski definition) is 5. The molecule has 3 rings (SSSR count). The largest absolute Gasteiger partial charge is 0.298 e. The Morgan fingerprint density at radius 3 is 2.44 bits per heavy atom. The first-order chi connectivity index (χ1) is 12.8. The minimum Gasteiger partial charge on any atom is -0.298 e. The van der Waals surface area contributed by atoms with Crippen LogP contribution in [0.3, 0.4) is 0 Å². The van der Waals surface area contributed by atoms with Gasteiger partial charge in [0.15, 0.2) is 5.13 Å². The lowest BCUT2D eigenvalue weighted by atomic mass is 10.1. The number of sulfonamides is 1. The molecule has 0 radical (unpaired) electrons. The maximum atomic E-state index is 12.7. The smallest absolute Gasteiger partial charge is 0.261 e. The van der Waals surface area contributed by atoms with E-state index in [1.807, 2.05) is 31.4 Å². The highest BCUT2D eigenvalue weighted by Crippen LogP contribution is 2.23. The fourth-order valence-corrected chi connectivity index (χ4v) is 4.32. The molecule has 0 spiro atoms. The van der Waals surface area contributed by atoms with Crippen LogP contribution in [0.2, 0.25) is 0 Å². The number of aromatic nitrogens is 1. The third kappa shape index (κ3) is 4.35. The summed E-state index contributed by atoms with van der Waals surface area (Å²) in [6, 6.07) is 11.6. The molecule has 1 heterocycles. The second-order valence-corrected chi connectivity index (χ2v) is 8.69. The third-order valence-electron chi connectivity index (χ3n) is 3.99. The van der Waals surface area contributed by atoms with E-state index in [1.165, 1.54) is 23.5 Å². The van der Waals surface area contributed by atoms with Crippen molar-refractivity contribution in [3.63, 3.8) is 0 Å². The number of carbonyl (C=O) groups excluding carboxylic acids is 1. The van der Waals surface area contributed by atoms with Crippen molar-refractivity contribution in [2.45, 2.75) is 25.7 Å². The lowest BCUT2D eigenvalue weighted by molar-refractivity contribution is 0.102. The van der Waals surface area contributed by atoms with Gasteiger partial charge in [0.25, 0.3) is 15.9 Å². The predicted molar refractivity (Wildman–Crippen MR) is 108 cm³/mol. The summed E-state index contributed by atoms with van der Waals surface area (Å²) in [6.07, 6.45) is 0. The van der Waals surface area contributed by atoms with Crippen LogP contribution in [0, 0.1) is 20.8 Å². The Morgan fingerprint density at radius 2 is 1.78 bits per heavy atom. The van der Waals surface area contributed by atoms with Crippen molar-refractivity contribution < 1.29 is 13.2 Å². The molecule has 0 bridgehead atoms. The minimum absolute atomic E-state index is 0.0248. The second kappa shape index (κ2) is 7.50. The first-order valence-electron chi connectivity index (χ1n) is 8.19. The molecule has 0 aliphatic carbocycles. The molecular weight excluding hydrogens is 382 g/mol. The predicted octanol–water partition coefficient (Wildman–Crippen LogP) is 4.12. The topological polar surface area (TPSA) is 88.2 Å². The molecule has 1 amide bonds. The van der Waals surface area contributed by atoms with Crippen LogP contribution in [0.5, 0.6) is 0 Å². The fraction of sp³-hybridized carbons (Fsp3) is 0.158. The number of carbonyl (C=O) groups is 1. The molecule has 6 nitrogen and oxygen atoms in total. The molecule has 140 valence electrons. The van der Waals surface area contributed by atoms with Gasteiger partial charge in [0.1, 0.15) is 0 Å². The molecule has 0 aliphatic heterocycles. The van der Waals surface area contributed by atoms with Crippen molar-refractivity contribution in [1.82, 2.24) is 4.98 Å². The fourth-order valence-electron chi connectivity index (χ4n) is 2.48. The van der Waals surface area contributed by atoms with E-state index in [0.29, 0.717) is 16.4 Å².